The lowest BCUT2D eigenvalue weighted by molar-refractivity contribution is 0.0598. The molecule has 12 nitrogen and oxygen atoms in total. The van der Waals surface area contributed by atoms with E-state index in [2.05, 4.69) is 4.99 Å². The summed E-state index contributed by atoms with van der Waals surface area (Å²) in [6.45, 7) is 10.6. The average Bonchev–Trinajstić information content (AvgIpc) is 2.84. The van der Waals surface area contributed by atoms with E-state index >= 15 is 0 Å². The van der Waals surface area contributed by atoms with Gasteiger partial charge in [0, 0.05) is 5.56 Å². The predicted octanol–water partition coefficient (Wildman–Crippen LogP) is 2.59. The molecule has 2 aromatic rings. The number of rotatable bonds is 4. The number of nitrogens with two attached hydrogens (primary N) is 2. The van der Waals surface area contributed by atoms with E-state index in [1.54, 1.807) is 39.8 Å². The predicted molar refractivity (Wildman–Crippen MR) is 157 cm³/mol. The minimum absolute atomic E-state index is 0.00170. The standard InChI is InChI=1S/C14H19N3O4S.C14H18O5S/c1-4-8-5-10-11(6-9(8)12(18)17-13(15)16)22(19,20)7-14(2,3)21-10;1-5-9-6-11-12(7-10(9)13(15)18-4)20(16,17)8-14(2,3)19-11/h5-6H,4,7H2,1-3H3,(H4,15,16,17,18);6-7H,5,8H2,1-4H3. The average molecular weight is 624 g/mol. The minimum atomic E-state index is -3.55. The van der Waals surface area contributed by atoms with E-state index in [1.165, 1.54) is 19.2 Å². The number of guanidine groups is 1. The first kappa shape index (κ1) is 32.9. The van der Waals surface area contributed by atoms with Crippen LogP contribution in [0.2, 0.25) is 0 Å². The SMILES string of the molecule is CCc1cc2c(cc1C(=O)N=C(N)N)S(=O)(=O)CC(C)(C)O2.CCc1cc2c(cc1C(=O)OC)S(=O)(=O)CC(C)(C)O2. The highest BCUT2D eigenvalue weighted by Crippen LogP contribution is 2.39. The first-order chi connectivity index (χ1) is 19.3. The number of sulfone groups is 2. The van der Waals surface area contributed by atoms with Crippen molar-refractivity contribution >= 4 is 37.5 Å². The molecule has 14 heteroatoms. The Morgan fingerprint density at radius 2 is 1.21 bits per heavy atom. The lowest BCUT2D eigenvalue weighted by atomic mass is 10.0. The number of esters is 1. The summed E-state index contributed by atoms with van der Waals surface area (Å²) >= 11 is 0. The molecular formula is C28H37N3O9S2. The van der Waals surface area contributed by atoms with E-state index in [0.29, 0.717) is 29.7 Å². The van der Waals surface area contributed by atoms with Gasteiger partial charge in [-0.1, -0.05) is 13.8 Å². The molecule has 2 aliphatic heterocycles. The zero-order valence-corrected chi connectivity index (χ0v) is 26.4. The molecule has 2 heterocycles. The highest BCUT2D eigenvalue weighted by molar-refractivity contribution is 7.92. The summed E-state index contributed by atoms with van der Waals surface area (Å²) in [7, 11) is -5.75. The topological polar surface area (TPSA) is 195 Å². The van der Waals surface area contributed by atoms with Crippen molar-refractivity contribution in [2.75, 3.05) is 18.6 Å². The lowest BCUT2D eigenvalue weighted by Crippen LogP contribution is -2.41. The summed E-state index contributed by atoms with van der Waals surface area (Å²) in [4.78, 5) is 27.4. The maximum atomic E-state index is 12.4. The third-order valence-electron chi connectivity index (χ3n) is 6.49. The molecule has 0 fully saturated rings. The van der Waals surface area contributed by atoms with Crippen LogP contribution in [0.25, 0.3) is 0 Å². The Kier molecular flexibility index (Phi) is 9.04. The molecule has 0 bridgehead atoms. The van der Waals surface area contributed by atoms with Crippen molar-refractivity contribution in [3.63, 3.8) is 0 Å². The van der Waals surface area contributed by atoms with Gasteiger partial charge in [0.05, 0.1) is 24.2 Å². The molecule has 0 radical (unpaired) electrons. The summed E-state index contributed by atoms with van der Waals surface area (Å²) in [6, 6.07) is 5.86. The Hall–Kier alpha value is -3.65. The number of ether oxygens (including phenoxy) is 3. The van der Waals surface area contributed by atoms with Crippen LogP contribution < -0.4 is 20.9 Å². The second-order valence-electron chi connectivity index (χ2n) is 11.2. The molecule has 0 aromatic heterocycles. The van der Waals surface area contributed by atoms with Crippen molar-refractivity contribution in [3.8, 4) is 11.5 Å². The van der Waals surface area contributed by atoms with Crippen molar-refractivity contribution in [3.05, 3.63) is 46.5 Å². The smallest absolute Gasteiger partial charge is 0.338 e. The van der Waals surface area contributed by atoms with Crippen molar-refractivity contribution in [1.29, 1.82) is 0 Å². The summed E-state index contributed by atoms with van der Waals surface area (Å²) in [6.07, 6.45) is 1.10. The van der Waals surface area contributed by atoms with Gasteiger partial charge >= 0.3 is 5.97 Å². The summed E-state index contributed by atoms with van der Waals surface area (Å²) in [5.41, 5.74) is 10.6. The number of fused-ring (bicyclic) bond motifs is 2. The van der Waals surface area contributed by atoms with Crippen LogP contribution in [0.3, 0.4) is 0 Å². The number of amides is 1. The van der Waals surface area contributed by atoms with Crippen LogP contribution in [0, 0.1) is 0 Å². The summed E-state index contributed by atoms with van der Waals surface area (Å²) in [5.74, 6) is -1.28. The molecule has 0 saturated carbocycles. The summed E-state index contributed by atoms with van der Waals surface area (Å²) < 4.78 is 65.6. The van der Waals surface area contributed by atoms with Gasteiger partial charge in [-0.05, 0) is 75.9 Å². The number of hydrogen-bond acceptors (Lipinski definition) is 9. The number of nitrogens with zero attached hydrogens (tertiary/aromatic N) is 1. The van der Waals surface area contributed by atoms with Crippen LogP contribution in [0.5, 0.6) is 11.5 Å². The lowest BCUT2D eigenvalue weighted by Gasteiger charge is -2.32. The van der Waals surface area contributed by atoms with E-state index in [1.807, 2.05) is 13.8 Å². The molecule has 1 amide bonds. The Morgan fingerprint density at radius 3 is 1.60 bits per heavy atom. The van der Waals surface area contributed by atoms with Crippen LogP contribution in [0.4, 0.5) is 0 Å². The molecule has 0 unspecified atom stereocenters. The molecule has 230 valence electrons. The van der Waals surface area contributed by atoms with Gasteiger partial charge in [0.15, 0.2) is 25.6 Å². The number of aliphatic imine (C=N–C) groups is 1. The fraction of sp³-hybridized carbons (Fsp3) is 0.464. The number of aryl methyl sites for hydroxylation is 2. The maximum absolute atomic E-state index is 12.4. The first-order valence-corrected chi connectivity index (χ1v) is 16.5. The molecule has 4 N–H and O–H groups in total. The molecule has 0 aliphatic carbocycles. The Morgan fingerprint density at radius 1 is 0.810 bits per heavy atom. The zero-order chi connectivity index (χ0) is 31.8. The fourth-order valence-electron chi connectivity index (χ4n) is 4.84. The van der Waals surface area contributed by atoms with E-state index < -0.39 is 42.8 Å². The molecule has 0 spiro atoms. The first-order valence-electron chi connectivity index (χ1n) is 13.2. The van der Waals surface area contributed by atoms with Crippen LogP contribution in [0.15, 0.2) is 39.0 Å². The van der Waals surface area contributed by atoms with Gasteiger partial charge < -0.3 is 25.7 Å². The highest BCUT2D eigenvalue weighted by atomic mass is 32.2. The van der Waals surface area contributed by atoms with Crippen molar-refractivity contribution in [2.24, 2.45) is 16.5 Å². The van der Waals surface area contributed by atoms with Crippen molar-refractivity contribution in [1.82, 2.24) is 0 Å². The third-order valence-corrected chi connectivity index (χ3v) is 10.6. The van der Waals surface area contributed by atoms with E-state index in [9.17, 15) is 26.4 Å². The third kappa shape index (κ3) is 7.04. The molecule has 0 saturated heterocycles. The van der Waals surface area contributed by atoms with E-state index in [0.717, 1.165) is 0 Å². The second kappa shape index (κ2) is 11.6. The Labute approximate surface area is 246 Å². The van der Waals surface area contributed by atoms with Crippen LogP contribution in [0.1, 0.15) is 73.4 Å². The van der Waals surface area contributed by atoms with Crippen molar-refractivity contribution in [2.45, 2.75) is 75.4 Å². The van der Waals surface area contributed by atoms with Gasteiger partial charge in [0.2, 0.25) is 0 Å². The van der Waals surface area contributed by atoms with Gasteiger partial charge in [-0.2, -0.15) is 4.99 Å². The number of carbonyl (C=O) groups excluding carboxylic acids is 2. The fourth-order valence-corrected chi connectivity index (χ4v) is 8.50. The number of methoxy groups -OCH3 is 1. The number of carbonyl (C=O) groups is 2. The monoisotopic (exact) mass is 623 g/mol. The molecular weight excluding hydrogens is 586 g/mol. The summed E-state index contributed by atoms with van der Waals surface area (Å²) in [5, 5.41) is 0. The van der Waals surface area contributed by atoms with E-state index in [4.69, 9.17) is 25.7 Å². The number of hydrogen-bond donors (Lipinski definition) is 2. The molecule has 0 atom stereocenters. The molecule has 2 aliphatic rings. The van der Waals surface area contributed by atoms with Gasteiger partial charge in [0.25, 0.3) is 5.91 Å². The van der Waals surface area contributed by atoms with E-state index in [-0.39, 0.29) is 44.1 Å². The van der Waals surface area contributed by atoms with Gasteiger partial charge in [0.1, 0.15) is 32.5 Å². The molecule has 4 rings (SSSR count). The molecule has 2 aromatic carbocycles. The van der Waals surface area contributed by atoms with Crippen LogP contribution in [-0.2, 0) is 37.3 Å². The maximum Gasteiger partial charge on any atom is 0.338 e. The Bertz CT molecular complexity index is 1670. The van der Waals surface area contributed by atoms with Gasteiger partial charge in [-0.25, -0.2) is 21.6 Å². The zero-order valence-electron chi connectivity index (χ0n) is 24.7. The van der Waals surface area contributed by atoms with Gasteiger partial charge in [-0.3, -0.25) is 4.79 Å². The largest absolute Gasteiger partial charge is 0.485 e. The second-order valence-corrected chi connectivity index (χ2v) is 15.1. The van der Waals surface area contributed by atoms with Crippen molar-refractivity contribution < 1.29 is 40.6 Å². The quantitative estimate of drug-likeness (QED) is 0.289. The van der Waals surface area contributed by atoms with Crippen LogP contribution >= 0.6 is 0 Å². The van der Waals surface area contributed by atoms with Crippen LogP contribution in [-0.4, -0.2) is 64.5 Å². The Balaban J connectivity index is 0.000000231. The minimum Gasteiger partial charge on any atom is -0.485 e. The molecule has 42 heavy (non-hydrogen) atoms. The highest BCUT2D eigenvalue weighted by Gasteiger charge is 2.39. The van der Waals surface area contributed by atoms with Gasteiger partial charge in [-0.15, -0.1) is 0 Å². The number of benzene rings is 2. The normalized spacial score (nSPS) is 18.4.